The predicted molar refractivity (Wildman–Crippen MR) is 51.9 cm³/mol. The lowest BCUT2D eigenvalue weighted by Crippen LogP contribution is -2.35. The third-order valence-electron chi connectivity index (χ3n) is 1.67. The molecule has 0 aliphatic rings. The highest BCUT2D eigenvalue weighted by Gasteiger charge is 2.17. The van der Waals surface area contributed by atoms with Crippen LogP contribution in [0.1, 0.15) is 34.1 Å². The van der Waals surface area contributed by atoms with E-state index in [-0.39, 0.29) is 11.3 Å². The molecule has 1 atom stereocenters. The Balaban J connectivity index is 3.96. The predicted octanol–water partition coefficient (Wildman–Crippen LogP) is 1.70. The van der Waals surface area contributed by atoms with Crippen LogP contribution in [0, 0.1) is 22.7 Å². The molecule has 0 heterocycles. The summed E-state index contributed by atoms with van der Waals surface area (Å²) in [4.78, 5) is 11.3. The zero-order chi connectivity index (χ0) is 10.5. The van der Waals surface area contributed by atoms with Crippen LogP contribution in [0.25, 0.3) is 0 Å². The molecule has 0 aromatic rings. The third-order valence-corrected chi connectivity index (χ3v) is 1.67. The zero-order valence-electron chi connectivity index (χ0n) is 8.85. The highest BCUT2D eigenvalue weighted by molar-refractivity contribution is 5.80. The Hall–Kier alpha value is -1.04. The SMILES string of the molecule is CCC(C#N)C(=O)NCC(C)(C)C. The second-order valence-corrected chi connectivity index (χ2v) is 4.37. The van der Waals surface area contributed by atoms with Crippen molar-refractivity contribution in [2.24, 2.45) is 11.3 Å². The molecule has 1 unspecified atom stereocenters. The minimum atomic E-state index is -0.498. The van der Waals surface area contributed by atoms with E-state index < -0.39 is 5.92 Å². The topological polar surface area (TPSA) is 52.9 Å². The van der Waals surface area contributed by atoms with Crippen molar-refractivity contribution in [2.45, 2.75) is 34.1 Å². The van der Waals surface area contributed by atoms with Gasteiger partial charge in [-0.05, 0) is 11.8 Å². The fraction of sp³-hybridized carbons (Fsp3) is 0.800. The molecule has 0 aromatic heterocycles. The number of hydrogen-bond acceptors (Lipinski definition) is 2. The van der Waals surface area contributed by atoms with Crippen LogP contribution in [0.15, 0.2) is 0 Å². The van der Waals surface area contributed by atoms with Crippen LogP contribution in [-0.4, -0.2) is 12.5 Å². The minimum Gasteiger partial charge on any atom is -0.354 e. The minimum absolute atomic E-state index is 0.0728. The first-order valence-electron chi connectivity index (χ1n) is 4.58. The smallest absolute Gasteiger partial charge is 0.237 e. The maximum Gasteiger partial charge on any atom is 0.237 e. The van der Waals surface area contributed by atoms with Crippen molar-refractivity contribution in [3.05, 3.63) is 0 Å². The van der Waals surface area contributed by atoms with Crippen molar-refractivity contribution in [1.29, 1.82) is 5.26 Å². The number of rotatable bonds is 3. The van der Waals surface area contributed by atoms with Crippen molar-refractivity contribution < 1.29 is 4.79 Å². The largest absolute Gasteiger partial charge is 0.354 e. The van der Waals surface area contributed by atoms with Crippen LogP contribution >= 0.6 is 0 Å². The summed E-state index contributed by atoms with van der Waals surface area (Å²) < 4.78 is 0. The average molecular weight is 182 g/mol. The Morgan fingerprint density at radius 1 is 1.54 bits per heavy atom. The Bertz CT molecular complexity index is 210. The van der Waals surface area contributed by atoms with Gasteiger partial charge in [0.15, 0.2) is 0 Å². The maximum absolute atomic E-state index is 11.3. The summed E-state index contributed by atoms with van der Waals surface area (Å²) >= 11 is 0. The lowest BCUT2D eigenvalue weighted by molar-refractivity contribution is -0.123. The standard InChI is InChI=1S/C10H18N2O/c1-5-8(6-11)9(13)12-7-10(2,3)4/h8H,5,7H2,1-4H3,(H,12,13). The van der Waals surface area contributed by atoms with Crippen LogP contribution in [0.5, 0.6) is 0 Å². The normalized spacial score (nSPS) is 13.2. The van der Waals surface area contributed by atoms with Gasteiger partial charge in [0.25, 0.3) is 0 Å². The summed E-state index contributed by atoms with van der Waals surface area (Å²) in [6.07, 6.45) is 0.576. The molecule has 0 aliphatic heterocycles. The molecule has 0 rings (SSSR count). The van der Waals surface area contributed by atoms with Crippen molar-refractivity contribution >= 4 is 5.91 Å². The number of hydrogen-bond donors (Lipinski definition) is 1. The van der Waals surface area contributed by atoms with E-state index in [0.29, 0.717) is 13.0 Å². The molecule has 0 saturated carbocycles. The van der Waals surface area contributed by atoms with Crippen LogP contribution in [0.3, 0.4) is 0 Å². The van der Waals surface area contributed by atoms with E-state index in [1.165, 1.54) is 0 Å². The Morgan fingerprint density at radius 3 is 2.38 bits per heavy atom. The number of carbonyl (C=O) groups is 1. The first kappa shape index (κ1) is 12.0. The Morgan fingerprint density at radius 2 is 2.08 bits per heavy atom. The van der Waals surface area contributed by atoms with E-state index in [4.69, 9.17) is 5.26 Å². The van der Waals surface area contributed by atoms with Gasteiger partial charge in [-0.15, -0.1) is 0 Å². The van der Waals surface area contributed by atoms with Gasteiger partial charge in [-0.2, -0.15) is 5.26 Å². The second kappa shape index (κ2) is 4.86. The number of nitrogens with zero attached hydrogens (tertiary/aromatic N) is 1. The highest BCUT2D eigenvalue weighted by atomic mass is 16.1. The van der Waals surface area contributed by atoms with Crippen LogP contribution < -0.4 is 5.32 Å². The molecule has 0 radical (unpaired) electrons. The van der Waals surface area contributed by atoms with Crippen molar-refractivity contribution in [3.63, 3.8) is 0 Å². The molecule has 0 saturated heterocycles. The molecule has 0 spiro atoms. The van der Waals surface area contributed by atoms with Gasteiger partial charge in [-0.3, -0.25) is 4.79 Å². The fourth-order valence-electron chi connectivity index (χ4n) is 0.811. The molecule has 1 N–H and O–H groups in total. The van der Waals surface area contributed by atoms with Gasteiger partial charge in [0.05, 0.1) is 6.07 Å². The summed E-state index contributed by atoms with van der Waals surface area (Å²) in [6.45, 7) is 8.58. The van der Waals surface area contributed by atoms with E-state index in [2.05, 4.69) is 5.32 Å². The van der Waals surface area contributed by atoms with E-state index in [9.17, 15) is 4.79 Å². The van der Waals surface area contributed by atoms with Gasteiger partial charge in [-0.1, -0.05) is 27.7 Å². The molecule has 0 bridgehead atoms. The highest BCUT2D eigenvalue weighted by Crippen LogP contribution is 2.11. The van der Waals surface area contributed by atoms with Gasteiger partial charge in [0.2, 0.25) is 5.91 Å². The molecule has 13 heavy (non-hydrogen) atoms. The third kappa shape index (κ3) is 5.24. The van der Waals surface area contributed by atoms with Crippen molar-refractivity contribution in [1.82, 2.24) is 5.32 Å². The molecule has 0 fully saturated rings. The molecule has 74 valence electrons. The Labute approximate surface area is 80.1 Å². The number of nitriles is 1. The van der Waals surface area contributed by atoms with Crippen LogP contribution in [0.2, 0.25) is 0 Å². The lowest BCUT2D eigenvalue weighted by Gasteiger charge is -2.19. The van der Waals surface area contributed by atoms with Crippen molar-refractivity contribution in [3.8, 4) is 6.07 Å². The molecular formula is C10H18N2O. The summed E-state index contributed by atoms with van der Waals surface area (Å²) in [5, 5.41) is 11.4. The monoisotopic (exact) mass is 182 g/mol. The number of nitrogens with one attached hydrogen (secondary N) is 1. The van der Waals surface area contributed by atoms with Gasteiger partial charge in [0, 0.05) is 6.54 Å². The zero-order valence-corrected chi connectivity index (χ0v) is 8.85. The maximum atomic E-state index is 11.3. The quantitative estimate of drug-likeness (QED) is 0.722. The van der Waals surface area contributed by atoms with Crippen LogP contribution in [0.4, 0.5) is 0 Å². The molecule has 0 aromatic carbocycles. The summed E-state index contributed by atoms with van der Waals surface area (Å²) in [6, 6.07) is 1.98. The molecular weight excluding hydrogens is 164 g/mol. The summed E-state index contributed by atoms with van der Waals surface area (Å²) in [7, 11) is 0. The van der Waals surface area contributed by atoms with E-state index in [0.717, 1.165) is 0 Å². The van der Waals surface area contributed by atoms with E-state index in [1.54, 1.807) is 0 Å². The van der Waals surface area contributed by atoms with E-state index >= 15 is 0 Å². The fourth-order valence-corrected chi connectivity index (χ4v) is 0.811. The average Bonchev–Trinajstić information content (AvgIpc) is 2.02. The number of carbonyl (C=O) groups excluding carboxylic acids is 1. The van der Waals surface area contributed by atoms with Gasteiger partial charge >= 0.3 is 0 Å². The molecule has 3 nitrogen and oxygen atoms in total. The first-order valence-corrected chi connectivity index (χ1v) is 4.58. The van der Waals surface area contributed by atoms with E-state index in [1.807, 2.05) is 33.8 Å². The Kier molecular flexibility index (Phi) is 4.47. The summed E-state index contributed by atoms with van der Waals surface area (Å²) in [5.41, 5.74) is 0.0728. The van der Waals surface area contributed by atoms with Crippen LogP contribution in [-0.2, 0) is 4.79 Å². The summed E-state index contributed by atoms with van der Waals surface area (Å²) in [5.74, 6) is -0.651. The number of amides is 1. The molecule has 1 amide bonds. The molecule has 0 aliphatic carbocycles. The van der Waals surface area contributed by atoms with Gasteiger partial charge in [-0.25, -0.2) is 0 Å². The lowest BCUT2D eigenvalue weighted by atomic mass is 9.96. The van der Waals surface area contributed by atoms with Crippen molar-refractivity contribution in [2.75, 3.05) is 6.54 Å². The second-order valence-electron chi connectivity index (χ2n) is 4.37. The van der Waals surface area contributed by atoms with Gasteiger partial charge < -0.3 is 5.32 Å². The molecule has 3 heteroatoms. The van der Waals surface area contributed by atoms with Gasteiger partial charge in [0.1, 0.15) is 5.92 Å². The first-order chi connectivity index (χ1) is 5.90.